The molecule has 1 aliphatic heterocycles. The van der Waals surface area contributed by atoms with Crippen LogP contribution in [-0.2, 0) is 21.1 Å². The Labute approximate surface area is 140 Å². The van der Waals surface area contributed by atoms with E-state index >= 15 is 0 Å². The maximum atomic E-state index is 12.0. The van der Waals surface area contributed by atoms with Crippen LogP contribution in [0, 0.1) is 0 Å². The first-order valence-electron chi connectivity index (χ1n) is 7.47. The highest BCUT2D eigenvalue weighted by atomic mass is 32.2. The Morgan fingerprint density at radius 1 is 1.17 bits per heavy atom. The van der Waals surface area contributed by atoms with Gasteiger partial charge in [0.1, 0.15) is 5.75 Å². The summed E-state index contributed by atoms with van der Waals surface area (Å²) in [5, 5.41) is 2.70. The van der Waals surface area contributed by atoms with Gasteiger partial charge in [0.15, 0.2) is 9.84 Å². The Balaban J connectivity index is 1.65. The molecule has 2 aromatic rings. The number of benzene rings is 2. The predicted octanol–water partition coefficient (Wildman–Crippen LogP) is 2.68. The summed E-state index contributed by atoms with van der Waals surface area (Å²) in [6, 6.07) is 11.9. The molecule has 3 rings (SSSR count). The minimum atomic E-state index is -3.24. The molecule has 1 N–H and O–H groups in total. The molecular formula is C18H17NO4S. The third-order valence-corrected chi connectivity index (χ3v) is 4.82. The van der Waals surface area contributed by atoms with E-state index in [0.717, 1.165) is 29.6 Å². The Morgan fingerprint density at radius 3 is 2.62 bits per heavy atom. The minimum absolute atomic E-state index is 0.219. The smallest absolute Gasteiger partial charge is 0.248 e. The number of hydrogen-bond donors (Lipinski definition) is 1. The van der Waals surface area contributed by atoms with E-state index in [1.54, 1.807) is 18.2 Å². The zero-order valence-electron chi connectivity index (χ0n) is 13.2. The number of nitrogens with one attached hydrogen (secondary N) is 1. The predicted molar refractivity (Wildman–Crippen MR) is 92.9 cm³/mol. The first-order valence-corrected chi connectivity index (χ1v) is 9.36. The van der Waals surface area contributed by atoms with Crippen molar-refractivity contribution in [3.8, 4) is 5.75 Å². The lowest BCUT2D eigenvalue weighted by molar-refractivity contribution is -0.111. The lowest BCUT2D eigenvalue weighted by Gasteiger charge is -2.04. The van der Waals surface area contributed by atoms with Crippen molar-refractivity contribution in [1.29, 1.82) is 0 Å². The van der Waals surface area contributed by atoms with Crippen LogP contribution < -0.4 is 10.1 Å². The van der Waals surface area contributed by atoms with Crippen LogP contribution in [0.2, 0.25) is 0 Å². The van der Waals surface area contributed by atoms with Crippen molar-refractivity contribution < 1.29 is 17.9 Å². The normalized spacial score (nSPS) is 13.5. The van der Waals surface area contributed by atoms with Gasteiger partial charge in [-0.3, -0.25) is 4.79 Å². The fraction of sp³-hybridized carbons (Fsp3) is 0.167. The van der Waals surface area contributed by atoms with Gasteiger partial charge in [-0.1, -0.05) is 6.07 Å². The third kappa shape index (κ3) is 3.83. The van der Waals surface area contributed by atoms with Crippen molar-refractivity contribution in [2.75, 3.05) is 18.2 Å². The topological polar surface area (TPSA) is 72.5 Å². The molecule has 0 saturated carbocycles. The second kappa shape index (κ2) is 6.49. The monoisotopic (exact) mass is 343 g/mol. The van der Waals surface area contributed by atoms with Crippen LogP contribution in [0.3, 0.4) is 0 Å². The summed E-state index contributed by atoms with van der Waals surface area (Å²) in [5.74, 6) is 0.626. The second-order valence-electron chi connectivity index (χ2n) is 5.58. The van der Waals surface area contributed by atoms with Crippen LogP contribution in [0.15, 0.2) is 53.4 Å². The molecule has 1 heterocycles. The van der Waals surface area contributed by atoms with E-state index < -0.39 is 9.84 Å². The number of fused-ring (bicyclic) bond motifs is 1. The summed E-state index contributed by atoms with van der Waals surface area (Å²) in [4.78, 5) is 12.2. The van der Waals surface area contributed by atoms with E-state index in [9.17, 15) is 13.2 Å². The number of carbonyl (C=O) groups excluding carboxylic acids is 1. The van der Waals surface area contributed by atoms with Gasteiger partial charge in [0, 0.05) is 24.4 Å². The van der Waals surface area contributed by atoms with Crippen molar-refractivity contribution in [2.45, 2.75) is 11.3 Å². The highest BCUT2D eigenvalue weighted by molar-refractivity contribution is 7.90. The standard InChI is InChI=1S/C18H17NO4S/c1-24(21,22)16-6-4-15(5-7-16)19-18(20)9-3-13-2-8-17-14(12-13)10-11-23-17/h2-9,12H,10-11H2,1H3,(H,19,20)/b9-3+. The molecule has 2 aromatic carbocycles. The van der Waals surface area contributed by atoms with Crippen molar-refractivity contribution >= 4 is 27.5 Å². The number of sulfone groups is 1. The van der Waals surface area contributed by atoms with E-state index in [2.05, 4.69) is 5.32 Å². The van der Waals surface area contributed by atoms with Gasteiger partial charge >= 0.3 is 0 Å². The summed E-state index contributed by atoms with van der Waals surface area (Å²) in [7, 11) is -3.24. The van der Waals surface area contributed by atoms with Crippen LogP contribution in [-0.4, -0.2) is 27.2 Å². The molecular weight excluding hydrogens is 326 g/mol. The summed E-state index contributed by atoms with van der Waals surface area (Å²) < 4.78 is 28.2. The maximum absolute atomic E-state index is 12.0. The van der Waals surface area contributed by atoms with Crippen LogP contribution >= 0.6 is 0 Å². The summed E-state index contributed by atoms with van der Waals surface area (Å²) in [6.45, 7) is 0.701. The van der Waals surface area contributed by atoms with Crippen LogP contribution in [0.4, 0.5) is 5.69 Å². The van der Waals surface area contributed by atoms with Gasteiger partial charge in [0.25, 0.3) is 0 Å². The molecule has 1 amide bonds. The first kappa shape index (κ1) is 16.3. The Bertz CT molecular complexity index is 899. The number of ether oxygens (including phenoxy) is 1. The zero-order chi connectivity index (χ0) is 17.2. The van der Waals surface area contributed by atoms with Gasteiger partial charge < -0.3 is 10.1 Å². The van der Waals surface area contributed by atoms with Crippen LogP contribution in [0.1, 0.15) is 11.1 Å². The molecule has 5 nitrogen and oxygen atoms in total. The third-order valence-electron chi connectivity index (χ3n) is 3.69. The molecule has 24 heavy (non-hydrogen) atoms. The van der Waals surface area contributed by atoms with Gasteiger partial charge in [0.2, 0.25) is 5.91 Å². The second-order valence-corrected chi connectivity index (χ2v) is 7.60. The molecule has 124 valence electrons. The fourth-order valence-corrected chi connectivity index (χ4v) is 3.08. The summed E-state index contributed by atoms with van der Waals surface area (Å²) >= 11 is 0. The fourth-order valence-electron chi connectivity index (χ4n) is 2.45. The van der Waals surface area contributed by atoms with E-state index in [1.807, 2.05) is 18.2 Å². The Hall–Kier alpha value is -2.60. The van der Waals surface area contributed by atoms with E-state index in [1.165, 1.54) is 18.2 Å². The van der Waals surface area contributed by atoms with Gasteiger partial charge in [-0.05, 0) is 53.6 Å². The Morgan fingerprint density at radius 2 is 1.92 bits per heavy atom. The SMILES string of the molecule is CS(=O)(=O)c1ccc(NC(=O)/C=C/c2ccc3c(c2)CCO3)cc1. The molecule has 0 fully saturated rings. The molecule has 0 bridgehead atoms. The van der Waals surface area contributed by atoms with Crippen molar-refractivity contribution in [3.63, 3.8) is 0 Å². The highest BCUT2D eigenvalue weighted by Crippen LogP contribution is 2.26. The molecule has 0 aliphatic carbocycles. The zero-order valence-corrected chi connectivity index (χ0v) is 14.0. The van der Waals surface area contributed by atoms with Gasteiger partial charge in [-0.25, -0.2) is 8.42 Å². The summed E-state index contributed by atoms with van der Waals surface area (Å²) in [5.41, 5.74) is 2.62. The lowest BCUT2D eigenvalue weighted by atomic mass is 10.1. The van der Waals surface area contributed by atoms with Gasteiger partial charge in [-0.15, -0.1) is 0 Å². The van der Waals surface area contributed by atoms with Crippen molar-refractivity contribution in [2.24, 2.45) is 0 Å². The molecule has 1 aliphatic rings. The first-order chi connectivity index (χ1) is 11.4. The molecule has 0 unspecified atom stereocenters. The minimum Gasteiger partial charge on any atom is -0.493 e. The lowest BCUT2D eigenvalue weighted by Crippen LogP contribution is -2.08. The highest BCUT2D eigenvalue weighted by Gasteiger charge is 2.11. The number of carbonyl (C=O) groups is 1. The molecule has 0 spiro atoms. The van der Waals surface area contributed by atoms with E-state index in [-0.39, 0.29) is 10.8 Å². The number of rotatable bonds is 4. The average Bonchev–Trinajstić information content (AvgIpc) is 3.00. The van der Waals surface area contributed by atoms with Crippen LogP contribution in [0.25, 0.3) is 6.08 Å². The average molecular weight is 343 g/mol. The summed E-state index contributed by atoms with van der Waals surface area (Å²) in [6.07, 6.45) is 5.21. The van der Waals surface area contributed by atoms with E-state index in [4.69, 9.17) is 4.74 Å². The molecule has 0 saturated heterocycles. The Kier molecular flexibility index (Phi) is 4.40. The van der Waals surface area contributed by atoms with Crippen molar-refractivity contribution in [3.05, 3.63) is 59.7 Å². The molecule has 6 heteroatoms. The quantitative estimate of drug-likeness (QED) is 0.866. The van der Waals surface area contributed by atoms with Gasteiger partial charge in [-0.2, -0.15) is 0 Å². The molecule has 0 aromatic heterocycles. The molecule has 0 atom stereocenters. The largest absolute Gasteiger partial charge is 0.493 e. The number of hydrogen-bond acceptors (Lipinski definition) is 4. The maximum Gasteiger partial charge on any atom is 0.248 e. The van der Waals surface area contributed by atoms with E-state index in [0.29, 0.717) is 12.3 Å². The number of anilines is 1. The van der Waals surface area contributed by atoms with Crippen molar-refractivity contribution in [1.82, 2.24) is 0 Å². The molecule has 0 radical (unpaired) electrons. The van der Waals surface area contributed by atoms with Crippen LogP contribution in [0.5, 0.6) is 5.75 Å². The van der Waals surface area contributed by atoms with Gasteiger partial charge in [0.05, 0.1) is 11.5 Å². The number of amides is 1.